The minimum atomic E-state index is -0.369. The standard InChI is InChI=1S/C16H13N7O2S/c1-9-19-13(8-26-9)11-6-12(18-7-11)15(24)21-22-16-20-14(23-25-16)10-2-4-17-5-3-10/h2-8,18H,1H3,(H,21,24)(H,20,22,23). The Morgan fingerprint density at radius 2 is 2.08 bits per heavy atom. The summed E-state index contributed by atoms with van der Waals surface area (Å²) in [5, 5.41) is 6.75. The lowest BCUT2D eigenvalue weighted by Gasteiger charge is -2.01. The van der Waals surface area contributed by atoms with Crippen LogP contribution < -0.4 is 10.9 Å². The second kappa shape index (κ2) is 6.76. The van der Waals surface area contributed by atoms with Crippen LogP contribution in [-0.4, -0.2) is 31.0 Å². The first-order valence-corrected chi connectivity index (χ1v) is 8.48. The highest BCUT2D eigenvalue weighted by molar-refractivity contribution is 7.09. The lowest BCUT2D eigenvalue weighted by atomic mass is 10.2. The molecular formula is C16H13N7O2S. The molecule has 3 N–H and O–H groups in total. The van der Waals surface area contributed by atoms with Crippen LogP contribution in [0.5, 0.6) is 0 Å². The molecule has 9 nitrogen and oxygen atoms in total. The van der Waals surface area contributed by atoms with Gasteiger partial charge in [-0.1, -0.05) is 5.16 Å². The van der Waals surface area contributed by atoms with Crippen LogP contribution in [-0.2, 0) is 0 Å². The number of hydrogen-bond donors (Lipinski definition) is 3. The Kier molecular flexibility index (Phi) is 4.15. The molecule has 0 bridgehead atoms. The van der Waals surface area contributed by atoms with Gasteiger partial charge < -0.3 is 9.51 Å². The molecule has 0 atom stereocenters. The lowest BCUT2D eigenvalue weighted by Crippen LogP contribution is -2.29. The first-order chi connectivity index (χ1) is 12.7. The van der Waals surface area contributed by atoms with Crippen molar-refractivity contribution < 1.29 is 9.32 Å². The third-order valence-corrected chi connectivity index (χ3v) is 4.26. The highest BCUT2D eigenvalue weighted by Gasteiger charge is 2.13. The number of hydrazine groups is 1. The molecule has 0 saturated carbocycles. The summed E-state index contributed by atoms with van der Waals surface area (Å²) in [7, 11) is 0. The fourth-order valence-electron chi connectivity index (χ4n) is 2.24. The number of thiazole rings is 1. The van der Waals surface area contributed by atoms with E-state index in [1.54, 1.807) is 48.1 Å². The summed E-state index contributed by atoms with van der Waals surface area (Å²) in [5.74, 6) is 0.0251. The van der Waals surface area contributed by atoms with Gasteiger partial charge in [-0.25, -0.2) is 10.4 Å². The smallest absolute Gasteiger partial charge is 0.340 e. The van der Waals surface area contributed by atoms with Gasteiger partial charge in [0.05, 0.1) is 10.7 Å². The molecule has 0 aliphatic rings. The molecule has 4 heterocycles. The number of hydrogen-bond acceptors (Lipinski definition) is 8. The summed E-state index contributed by atoms with van der Waals surface area (Å²) in [6, 6.07) is 5.32. The van der Waals surface area contributed by atoms with Crippen molar-refractivity contribution in [2.75, 3.05) is 5.43 Å². The van der Waals surface area contributed by atoms with Gasteiger partial charge in [-0.15, -0.1) is 11.3 Å². The molecule has 1 amide bonds. The van der Waals surface area contributed by atoms with Gasteiger partial charge in [0.1, 0.15) is 5.69 Å². The predicted molar refractivity (Wildman–Crippen MR) is 95.3 cm³/mol. The third-order valence-electron chi connectivity index (χ3n) is 3.49. The quantitative estimate of drug-likeness (QED) is 0.464. The van der Waals surface area contributed by atoms with Crippen molar-refractivity contribution in [2.45, 2.75) is 6.92 Å². The second-order valence-corrected chi connectivity index (χ2v) is 6.35. The summed E-state index contributed by atoms with van der Waals surface area (Å²) < 4.78 is 5.06. The summed E-state index contributed by atoms with van der Waals surface area (Å²) >= 11 is 1.56. The Hall–Kier alpha value is -3.53. The zero-order chi connectivity index (χ0) is 17.9. The van der Waals surface area contributed by atoms with Gasteiger partial charge in [0.2, 0.25) is 5.82 Å². The number of amides is 1. The Labute approximate surface area is 151 Å². The van der Waals surface area contributed by atoms with Crippen LogP contribution in [0.25, 0.3) is 22.6 Å². The zero-order valence-corrected chi connectivity index (χ0v) is 14.4. The molecule has 0 saturated heterocycles. The average Bonchev–Trinajstić information content (AvgIpc) is 3.40. The highest BCUT2D eigenvalue weighted by Crippen LogP contribution is 2.22. The molecule has 0 aliphatic carbocycles. The average molecular weight is 367 g/mol. The number of carbonyl (C=O) groups is 1. The number of pyridine rings is 1. The van der Waals surface area contributed by atoms with Crippen molar-refractivity contribution in [2.24, 2.45) is 0 Å². The van der Waals surface area contributed by atoms with Gasteiger partial charge in [-0.3, -0.25) is 15.2 Å². The summed E-state index contributed by atoms with van der Waals surface area (Å²) in [5.41, 5.74) is 7.92. The number of anilines is 1. The number of aryl methyl sites for hydroxylation is 1. The molecule has 4 rings (SSSR count). The van der Waals surface area contributed by atoms with Crippen molar-refractivity contribution in [1.29, 1.82) is 0 Å². The van der Waals surface area contributed by atoms with E-state index >= 15 is 0 Å². The van der Waals surface area contributed by atoms with Gasteiger partial charge in [0.15, 0.2) is 0 Å². The van der Waals surface area contributed by atoms with Gasteiger partial charge in [-0.2, -0.15) is 4.98 Å². The normalized spacial score (nSPS) is 10.7. The van der Waals surface area contributed by atoms with Crippen LogP contribution in [0.1, 0.15) is 15.5 Å². The fourth-order valence-corrected chi connectivity index (χ4v) is 2.86. The van der Waals surface area contributed by atoms with Crippen LogP contribution in [0.2, 0.25) is 0 Å². The van der Waals surface area contributed by atoms with E-state index in [9.17, 15) is 4.79 Å². The molecule has 4 aromatic heterocycles. The number of carbonyl (C=O) groups excluding carboxylic acids is 1. The minimum Gasteiger partial charge on any atom is -0.356 e. The molecule has 10 heteroatoms. The number of nitrogens with zero attached hydrogens (tertiary/aromatic N) is 4. The number of nitrogens with one attached hydrogen (secondary N) is 3. The first-order valence-electron chi connectivity index (χ1n) is 7.60. The van der Waals surface area contributed by atoms with Crippen LogP contribution in [0.3, 0.4) is 0 Å². The molecule has 0 spiro atoms. The molecule has 130 valence electrons. The van der Waals surface area contributed by atoms with Crippen LogP contribution in [0, 0.1) is 6.92 Å². The van der Waals surface area contributed by atoms with E-state index in [1.165, 1.54) is 0 Å². The summed E-state index contributed by atoms with van der Waals surface area (Å²) in [6.07, 6.45) is 5.00. The summed E-state index contributed by atoms with van der Waals surface area (Å²) in [6.45, 7) is 1.93. The van der Waals surface area contributed by atoms with E-state index in [0.717, 1.165) is 21.8 Å². The zero-order valence-electron chi connectivity index (χ0n) is 13.6. The first kappa shape index (κ1) is 16.0. The third kappa shape index (κ3) is 3.30. The molecule has 0 fully saturated rings. The second-order valence-electron chi connectivity index (χ2n) is 5.29. The maximum Gasteiger partial charge on any atom is 0.340 e. The largest absolute Gasteiger partial charge is 0.356 e. The Balaban J connectivity index is 1.40. The van der Waals surface area contributed by atoms with E-state index in [4.69, 9.17) is 4.52 Å². The minimum absolute atomic E-state index is 0.0760. The lowest BCUT2D eigenvalue weighted by molar-refractivity contribution is 0.0956. The maximum absolute atomic E-state index is 12.2. The van der Waals surface area contributed by atoms with E-state index in [2.05, 4.69) is 35.9 Å². The van der Waals surface area contributed by atoms with Crippen molar-refractivity contribution in [3.8, 4) is 22.6 Å². The van der Waals surface area contributed by atoms with Gasteiger partial charge >= 0.3 is 6.01 Å². The highest BCUT2D eigenvalue weighted by atomic mass is 32.1. The van der Waals surface area contributed by atoms with Crippen molar-refractivity contribution >= 4 is 23.3 Å². The van der Waals surface area contributed by atoms with E-state index in [0.29, 0.717) is 11.5 Å². The monoisotopic (exact) mass is 367 g/mol. The van der Waals surface area contributed by atoms with Crippen molar-refractivity contribution in [1.82, 2.24) is 30.5 Å². The molecule has 0 aromatic carbocycles. The Morgan fingerprint density at radius 1 is 1.23 bits per heavy atom. The number of rotatable bonds is 5. The van der Waals surface area contributed by atoms with Crippen LogP contribution in [0.15, 0.2) is 46.7 Å². The molecule has 26 heavy (non-hydrogen) atoms. The predicted octanol–water partition coefficient (Wildman–Crippen LogP) is 2.65. The Morgan fingerprint density at radius 3 is 2.85 bits per heavy atom. The molecular weight excluding hydrogens is 354 g/mol. The van der Waals surface area contributed by atoms with Crippen molar-refractivity contribution in [3.05, 3.63) is 52.9 Å². The van der Waals surface area contributed by atoms with Crippen molar-refractivity contribution in [3.63, 3.8) is 0 Å². The van der Waals surface area contributed by atoms with E-state index in [-0.39, 0.29) is 11.9 Å². The fraction of sp³-hybridized carbons (Fsp3) is 0.0625. The molecule has 0 unspecified atom stereocenters. The van der Waals surface area contributed by atoms with E-state index < -0.39 is 0 Å². The van der Waals surface area contributed by atoms with E-state index in [1.807, 2.05) is 12.3 Å². The van der Waals surface area contributed by atoms with Gasteiger partial charge in [0.25, 0.3) is 5.91 Å². The van der Waals surface area contributed by atoms with Gasteiger partial charge in [-0.05, 0) is 25.1 Å². The summed E-state index contributed by atoms with van der Waals surface area (Å²) in [4.78, 5) is 27.6. The topological polar surface area (TPSA) is 122 Å². The molecule has 4 aromatic rings. The number of aromatic amines is 1. The molecule has 0 radical (unpaired) electrons. The number of H-pyrrole nitrogens is 1. The Bertz CT molecular complexity index is 1040. The molecule has 0 aliphatic heterocycles. The van der Waals surface area contributed by atoms with Gasteiger partial charge in [0, 0.05) is 35.1 Å². The van der Waals surface area contributed by atoms with Crippen LogP contribution >= 0.6 is 11.3 Å². The SMILES string of the molecule is Cc1nc(-c2c[nH]c(C(=O)NNc3nc(-c4ccncc4)no3)c2)cs1. The van der Waals surface area contributed by atoms with Crippen LogP contribution in [0.4, 0.5) is 6.01 Å². The maximum atomic E-state index is 12.2. The number of aromatic nitrogens is 5.